The van der Waals surface area contributed by atoms with Gasteiger partial charge in [-0.3, -0.25) is 9.59 Å². The molecule has 0 radical (unpaired) electrons. The molecule has 4 rings (SSSR count). The maximum atomic E-state index is 13.8. The Morgan fingerprint density at radius 3 is 2.52 bits per heavy atom. The molecule has 6 heteroatoms. The van der Waals surface area contributed by atoms with Crippen molar-refractivity contribution in [1.82, 2.24) is 10.2 Å². The van der Waals surface area contributed by atoms with Crippen LogP contribution in [0.15, 0.2) is 78.9 Å². The Morgan fingerprint density at radius 1 is 0.970 bits per heavy atom. The highest BCUT2D eigenvalue weighted by atomic mass is 19.1. The Hall–Kier alpha value is -3.67. The molecule has 1 fully saturated rings. The minimum atomic E-state index is -0.600. The first-order valence-electron chi connectivity index (χ1n) is 11.2. The summed E-state index contributed by atoms with van der Waals surface area (Å²) in [7, 11) is 0. The molecule has 1 aliphatic rings. The normalized spacial score (nSPS) is 15.9. The number of carbonyl (C=O) groups is 2. The van der Waals surface area contributed by atoms with Gasteiger partial charge in [0, 0.05) is 18.7 Å². The van der Waals surface area contributed by atoms with Gasteiger partial charge >= 0.3 is 0 Å². The second kappa shape index (κ2) is 10.8. The minimum absolute atomic E-state index is 0.167. The molecule has 3 aromatic carbocycles. The standard InChI is InChI=1S/C27H27FN2O3/c28-23-10-6-9-22(17-23)27(32)30(25-11-4-5-16-29-26(25)31)18-20-12-14-24(15-13-20)33-19-21-7-2-1-3-8-21/h1-3,6-10,12-15,17,25H,4-5,11,16,18-19H2,(H,29,31). The van der Waals surface area contributed by atoms with Crippen LogP contribution < -0.4 is 10.1 Å². The lowest BCUT2D eigenvalue weighted by atomic mass is 10.0. The molecule has 5 nitrogen and oxygen atoms in total. The molecule has 0 aliphatic carbocycles. The van der Waals surface area contributed by atoms with Crippen molar-refractivity contribution in [2.45, 2.75) is 38.5 Å². The number of rotatable bonds is 7. The Morgan fingerprint density at radius 2 is 1.76 bits per heavy atom. The number of nitrogens with one attached hydrogen (secondary N) is 1. The number of carbonyl (C=O) groups excluding carboxylic acids is 2. The molecule has 170 valence electrons. The summed E-state index contributed by atoms with van der Waals surface area (Å²) in [6.45, 7) is 1.31. The minimum Gasteiger partial charge on any atom is -0.489 e. The molecular formula is C27H27FN2O3. The predicted octanol–water partition coefficient (Wildman–Crippen LogP) is 4.72. The van der Waals surface area contributed by atoms with Gasteiger partial charge in [0.1, 0.15) is 24.2 Å². The third kappa shape index (κ3) is 5.98. The zero-order valence-electron chi connectivity index (χ0n) is 18.4. The van der Waals surface area contributed by atoms with E-state index in [2.05, 4.69) is 5.32 Å². The molecule has 33 heavy (non-hydrogen) atoms. The predicted molar refractivity (Wildman–Crippen MR) is 124 cm³/mol. The van der Waals surface area contributed by atoms with Crippen LogP contribution in [0.2, 0.25) is 0 Å². The van der Waals surface area contributed by atoms with E-state index in [0.717, 1.165) is 29.7 Å². The molecule has 2 amide bonds. The lowest BCUT2D eigenvalue weighted by molar-refractivity contribution is -0.125. The molecule has 1 saturated heterocycles. The zero-order valence-corrected chi connectivity index (χ0v) is 18.4. The summed E-state index contributed by atoms with van der Waals surface area (Å²) >= 11 is 0. The molecule has 1 unspecified atom stereocenters. The summed E-state index contributed by atoms with van der Waals surface area (Å²) in [5, 5.41) is 2.89. The number of hydrogen-bond acceptors (Lipinski definition) is 3. The van der Waals surface area contributed by atoms with E-state index in [9.17, 15) is 14.0 Å². The van der Waals surface area contributed by atoms with Crippen LogP contribution in [0.4, 0.5) is 4.39 Å². The van der Waals surface area contributed by atoms with Crippen LogP contribution in [0, 0.1) is 5.82 Å². The van der Waals surface area contributed by atoms with Crippen LogP contribution in [0.3, 0.4) is 0 Å². The Labute approximate surface area is 193 Å². The van der Waals surface area contributed by atoms with Gasteiger partial charge in [-0.1, -0.05) is 48.5 Å². The SMILES string of the molecule is O=C1NCCCCC1N(Cc1ccc(OCc2ccccc2)cc1)C(=O)c1cccc(F)c1. The van der Waals surface area contributed by atoms with E-state index < -0.39 is 11.9 Å². The van der Waals surface area contributed by atoms with Gasteiger partial charge in [-0.05, 0) is 60.7 Å². The monoisotopic (exact) mass is 446 g/mol. The summed E-state index contributed by atoms with van der Waals surface area (Å²) in [6.07, 6.45) is 2.28. The van der Waals surface area contributed by atoms with E-state index in [4.69, 9.17) is 4.74 Å². The van der Waals surface area contributed by atoms with Gasteiger partial charge in [0.15, 0.2) is 0 Å². The maximum absolute atomic E-state index is 13.8. The fourth-order valence-corrected chi connectivity index (χ4v) is 3.96. The zero-order chi connectivity index (χ0) is 23.0. The van der Waals surface area contributed by atoms with Crippen LogP contribution in [0.5, 0.6) is 5.75 Å². The third-order valence-electron chi connectivity index (χ3n) is 5.74. The molecule has 0 saturated carbocycles. The first kappa shape index (κ1) is 22.5. The Bertz CT molecular complexity index is 1090. The smallest absolute Gasteiger partial charge is 0.254 e. The second-order valence-electron chi connectivity index (χ2n) is 8.16. The van der Waals surface area contributed by atoms with Crippen LogP contribution in [-0.2, 0) is 17.9 Å². The van der Waals surface area contributed by atoms with Crippen molar-refractivity contribution in [2.24, 2.45) is 0 Å². The van der Waals surface area contributed by atoms with Crippen molar-refractivity contribution in [2.75, 3.05) is 6.54 Å². The Kier molecular flexibility index (Phi) is 7.35. The van der Waals surface area contributed by atoms with E-state index in [1.54, 1.807) is 11.0 Å². The molecule has 1 heterocycles. The number of amides is 2. The fraction of sp³-hybridized carbons (Fsp3) is 0.259. The molecule has 1 atom stereocenters. The first-order valence-corrected chi connectivity index (χ1v) is 11.2. The molecule has 0 spiro atoms. The van der Waals surface area contributed by atoms with Crippen LogP contribution in [0.1, 0.15) is 40.7 Å². The highest BCUT2D eigenvalue weighted by Crippen LogP contribution is 2.21. The van der Waals surface area contributed by atoms with Crippen LogP contribution in [-0.4, -0.2) is 29.3 Å². The van der Waals surface area contributed by atoms with Crippen LogP contribution >= 0.6 is 0 Å². The third-order valence-corrected chi connectivity index (χ3v) is 5.74. The largest absolute Gasteiger partial charge is 0.489 e. The summed E-state index contributed by atoms with van der Waals surface area (Å²) in [6, 6.07) is 22.4. The number of ether oxygens (including phenoxy) is 1. The van der Waals surface area contributed by atoms with Crippen molar-refractivity contribution in [3.63, 3.8) is 0 Å². The summed E-state index contributed by atoms with van der Waals surface area (Å²) in [4.78, 5) is 27.6. The Balaban J connectivity index is 1.51. The molecule has 1 aliphatic heterocycles. The highest BCUT2D eigenvalue weighted by molar-refractivity contribution is 5.97. The summed E-state index contributed by atoms with van der Waals surface area (Å²) in [5.41, 5.74) is 2.17. The maximum Gasteiger partial charge on any atom is 0.254 e. The van der Waals surface area contributed by atoms with Gasteiger partial charge in [0.2, 0.25) is 5.91 Å². The van der Waals surface area contributed by atoms with Crippen molar-refractivity contribution >= 4 is 11.8 Å². The lowest BCUT2D eigenvalue weighted by Crippen LogP contribution is -2.48. The van der Waals surface area contributed by atoms with Crippen molar-refractivity contribution in [3.05, 3.63) is 101 Å². The first-order chi connectivity index (χ1) is 16.1. The van der Waals surface area contributed by atoms with E-state index in [1.165, 1.54) is 18.2 Å². The van der Waals surface area contributed by atoms with Gasteiger partial charge in [-0.15, -0.1) is 0 Å². The quantitative estimate of drug-likeness (QED) is 0.572. The van der Waals surface area contributed by atoms with E-state index in [1.807, 2.05) is 54.6 Å². The van der Waals surface area contributed by atoms with Crippen molar-refractivity contribution in [1.29, 1.82) is 0 Å². The summed E-state index contributed by atoms with van der Waals surface area (Å²) < 4.78 is 19.6. The second-order valence-corrected chi connectivity index (χ2v) is 8.16. The number of benzene rings is 3. The van der Waals surface area contributed by atoms with E-state index >= 15 is 0 Å². The van der Waals surface area contributed by atoms with E-state index in [0.29, 0.717) is 19.6 Å². The average Bonchev–Trinajstić information content (AvgIpc) is 3.06. The fourth-order valence-electron chi connectivity index (χ4n) is 3.96. The highest BCUT2D eigenvalue weighted by Gasteiger charge is 2.31. The average molecular weight is 447 g/mol. The molecule has 0 bridgehead atoms. The molecule has 1 N–H and O–H groups in total. The topological polar surface area (TPSA) is 58.6 Å². The summed E-state index contributed by atoms with van der Waals surface area (Å²) in [5.74, 6) is -0.287. The van der Waals surface area contributed by atoms with E-state index in [-0.39, 0.29) is 23.9 Å². The van der Waals surface area contributed by atoms with Gasteiger partial charge in [0.05, 0.1) is 0 Å². The molecule has 3 aromatic rings. The van der Waals surface area contributed by atoms with Crippen molar-refractivity contribution in [3.8, 4) is 5.75 Å². The van der Waals surface area contributed by atoms with Gasteiger partial charge in [-0.25, -0.2) is 4.39 Å². The van der Waals surface area contributed by atoms with Gasteiger partial charge in [0.25, 0.3) is 5.91 Å². The number of hydrogen-bond donors (Lipinski definition) is 1. The van der Waals surface area contributed by atoms with Gasteiger partial charge in [-0.2, -0.15) is 0 Å². The molecule has 0 aromatic heterocycles. The van der Waals surface area contributed by atoms with Crippen LogP contribution in [0.25, 0.3) is 0 Å². The number of halogens is 1. The number of nitrogens with zero attached hydrogens (tertiary/aromatic N) is 1. The van der Waals surface area contributed by atoms with Gasteiger partial charge < -0.3 is 15.0 Å². The lowest BCUT2D eigenvalue weighted by Gasteiger charge is -2.30. The molecular weight excluding hydrogens is 419 g/mol. The van der Waals surface area contributed by atoms with Crippen molar-refractivity contribution < 1.29 is 18.7 Å².